The van der Waals surface area contributed by atoms with E-state index in [1.165, 1.54) is 0 Å². The molecule has 1 rings (SSSR count). The summed E-state index contributed by atoms with van der Waals surface area (Å²) in [6, 6.07) is 4.98. The maximum absolute atomic E-state index is 8.80. The van der Waals surface area contributed by atoms with Gasteiger partial charge in [-0.3, -0.25) is 0 Å². The number of nitrogens with two attached hydrogens (primary N) is 1. The lowest BCUT2D eigenvalue weighted by molar-refractivity contribution is 0.268. The van der Waals surface area contributed by atoms with Crippen LogP contribution in [0.5, 0.6) is 0 Å². The first-order valence-electron chi connectivity index (χ1n) is 3.46. The molecule has 0 saturated heterocycles. The number of benzene rings is 1. The van der Waals surface area contributed by atoms with E-state index in [1.54, 1.807) is 6.07 Å². The molecule has 13 heavy (non-hydrogen) atoms. The average Bonchev–Trinajstić information content (AvgIpc) is 2.08. The van der Waals surface area contributed by atoms with E-state index in [4.69, 9.17) is 22.4 Å². The van der Waals surface area contributed by atoms with Gasteiger partial charge in [0, 0.05) is 9.50 Å². The highest BCUT2D eigenvalue weighted by molar-refractivity contribution is 9.10. The van der Waals surface area contributed by atoms with Crippen molar-refractivity contribution in [3.8, 4) is 0 Å². The van der Waals surface area contributed by atoms with E-state index in [2.05, 4.69) is 15.9 Å². The van der Waals surface area contributed by atoms with Crippen LogP contribution in [0.25, 0.3) is 0 Å². The van der Waals surface area contributed by atoms with Crippen molar-refractivity contribution in [2.45, 2.75) is 6.04 Å². The third-order valence-electron chi connectivity index (χ3n) is 1.55. The van der Waals surface area contributed by atoms with E-state index in [-0.39, 0.29) is 19.0 Å². The van der Waals surface area contributed by atoms with Crippen LogP contribution in [0.1, 0.15) is 11.6 Å². The Labute approximate surface area is 96.6 Å². The van der Waals surface area contributed by atoms with Crippen molar-refractivity contribution in [3.05, 3.63) is 33.3 Å². The zero-order chi connectivity index (χ0) is 9.14. The second-order valence-electron chi connectivity index (χ2n) is 2.45. The monoisotopic (exact) mass is 285 g/mol. The molecule has 0 aliphatic heterocycles. The minimum Gasteiger partial charge on any atom is -0.394 e. The van der Waals surface area contributed by atoms with Gasteiger partial charge in [0.25, 0.3) is 0 Å². The largest absolute Gasteiger partial charge is 0.394 e. The Bertz CT molecular complexity index is 283. The molecule has 0 aromatic heterocycles. The van der Waals surface area contributed by atoms with Gasteiger partial charge in [0.05, 0.1) is 12.6 Å². The normalized spacial score (nSPS) is 12.0. The Kier molecular flexibility index (Phi) is 5.92. The van der Waals surface area contributed by atoms with Crippen LogP contribution < -0.4 is 5.73 Å². The third-order valence-corrected chi connectivity index (χ3v) is 2.39. The molecule has 0 heterocycles. The average molecular weight is 287 g/mol. The topological polar surface area (TPSA) is 46.2 Å². The van der Waals surface area contributed by atoms with Crippen LogP contribution in [0.15, 0.2) is 22.7 Å². The second kappa shape index (κ2) is 5.83. The number of aliphatic hydroxyl groups excluding tert-OH is 1. The molecule has 0 unspecified atom stereocenters. The predicted octanol–water partition coefficient (Wildman–Crippen LogP) is 2.52. The molecule has 1 atom stereocenters. The molecule has 2 nitrogen and oxygen atoms in total. The summed E-state index contributed by atoms with van der Waals surface area (Å²) < 4.78 is 0.908. The quantitative estimate of drug-likeness (QED) is 0.878. The minimum absolute atomic E-state index is 0. The fourth-order valence-electron chi connectivity index (χ4n) is 0.897. The highest BCUT2D eigenvalue weighted by Gasteiger charge is 2.08. The lowest BCUT2D eigenvalue weighted by Gasteiger charge is -2.10. The molecule has 0 fully saturated rings. The van der Waals surface area contributed by atoms with Crippen molar-refractivity contribution in [2.75, 3.05) is 6.61 Å². The van der Waals surface area contributed by atoms with E-state index < -0.39 is 6.04 Å². The maximum Gasteiger partial charge on any atom is 0.0624 e. The molecule has 5 heteroatoms. The SMILES string of the molecule is Cl.N[C@@H](CO)c1cc(Br)ccc1Cl. The minimum atomic E-state index is -0.407. The summed E-state index contributed by atoms with van der Waals surface area (Å²) in [6.07, 6.45) is 0. The number of rotatable bonds is 2. The van der Waals surface area contributed by atoms with Gasteiger partial charge in [-0.1, -0.05) is 27.5 Å². The van der Waals surface area contributed by atoms with Gasteiger partial charge in [-0.05, 0) is 23.8 Å². The highest BCUT2D eigenvalue weighted by Crippen LogP contribution is 2.24. The maximum atomic E-state index is 8.80. The molecule has 0 aliphatic carbocycles. The summed E-state index contributed by atoms with van der Waals surface area (Å²) in [5.41, 5.74) is 6.37. The smallest absolute Gasteiger partial charge is 0.0624 e. The van der Waals surface area contributed by atoms with Crippen molar-refractivity contribution in [3.63, 3.8) is 0 Å². The predicted molar refractivity (Wildman–Crippen MR) is 60.4 cm³/mol. The fraction of sp³-hybridized carbons (Fsp3) is 0.250. The van der Waals surface area contributed by atoms with Crippen molar-refractivity contribution in [1.29, 1.82) is 0 Å². The number of halogens is 3. The van der Waals surface area contributed by atoms with Crippen LogP contribution in [0.3, 0.4) is 0 Å². The Morgan fingerprint density at radius 3 is 2.69 bits per heavy atom. The summed E-state index contributed by atoms with van der Waals surface area (Å²) in [7, 11) is 0. The fourth-order valence-corrected chi connectivity index (χ4v) is 1.53. The van der Waals surface area contributed by atoms with Crippen LogP contribution in [0, 0.1) is 0 Å². The zero-order valence-corrected chi connectivity index (χ0v) is 9.86. The number of hydrogen-bond acceptors (Lipinski definition) is 2. The van der Waals surface area contributed by atoms with Crippen LogP contribution in [0.4, 0.5) is 0 Å². The first-order valence-corrected chi connectivity index (χ1v) is 4.63. The lowest BCUT2D eigenvalue weighted by atomic mass is 10.1. The first kappa shape index (κ1) is 13.2. The Morgan fingerprint density at radius 2 is 2.15 bits per heavy atom. The van der Waals surface area contributed by atoms with Gasteiger partial charge in [0.1, 0.15) is 0 Å². The summed E-state index contributed by atoms with van der Waals surface area (Å²) >= 11 is 9.16. The van der Waals surface area contributed by atoms with E-state index in [9.17, 15) is 0 Å². The van der Waals surface area contributed by atoms with Gasteiger partial charge in [-0.15, -0.1) is 12.4 Å². The van der Waals surface area contributed by atoms with Gasteiger partial charge in [0.15, 0.2) is 0 Å². The van der Waals surface area contributed by atoms with E-state index in [0.29, 0.717) is 5.02 Å². The molecule has 0 bridgehead atoms. The van der Waals surface area contributed by atoms with Gasteiger partial charge in [0.2, 0.25) is 0 Å². The third kappa shape index (κ3) is 3.44. The molecule has 0 spiro atoms. The summed E-state index contributed by atoms with van der Waals surface area (Å²) in [6.45, 7) is -0.101. The van der Waals surface area contributed by atoms with Gasteiger partial charge in [-0.25, -0.2) is 0 Å². The highest BCUT2D eigenvalue weighted by atomic mass is 79.9. The molecular weight excluding hydrogens is 277 g/mol. The zero-order valence-electron chi connectivity index (χ0n) is 6.71. The first-order chi connectivity index (χ1) is 5.65. The van der Waals surface area contributed by atoms with Crippen LogP contribution >= 0.6 is 39.9 Å². The molecule has 0 saturated carbocycles. The Balaban J connectivity index is 0.00000144. The molecule has 1 aromatic rings. The lowest BCUT2D eigenvalue weighted by Crippen LogP contribution is -2.14. The standard InChI is InChI=1S/C8H9BrClNO.ClH/c9-5-1-2-7(10)6(3-5)8(11)4-12;/h1-3,8,12H,4,11H2;1H/t8-;/m0./s1. The molecule has 0 radical (unpaired) electrons. The van der Waals surface area contributed by atoms with Crippen molar-refractivity contribution in [2.24, 2.45) is 5.73 Å². The van der Waals surface area contributed by atoms with Crippen molar-refractivity contribution >= 4 is 39.9 Å². The molecule has 74 valence electrons. The van der Waals surface area contributed by atoms with E-state index >= 15 is 0 Å². The second-order valence-corrected chi connectivity index (χ2v) is 3.78. The van der Waals surface area contributed by atoms with Crippen LogP contribution in [0.2, 0.25) is 5.02 Å². The van der Waals surface area contributed by atoms with Crippen molar-refractivity contribution < 1.29 is 5.11 Å². The Hall–Kier alpha value is 0.200. The molecule has 0 amide bonds. The van der Waals surface area contributed by atoms with Crippen LogP contribution in [-0.2, 0) is 0 Å². The van der Waals surface area contributed by atoms with Gasteiger partial charge < -0.3 is 10.8 Å². The van der Waals surface area contributed by atoms with E-state index in [0.717, 1.165) is 10.0 Å². The van der Waals surface area contributed by atoms with Gasteiger partial charge >= 0.3 is 0 Å². The summed E-state index contributed by atoms with van der Waals surface area (Å²) in [5, 5.41) is 9.39. The number of hydrogen-bond donors (Lipinski definition) is 2. The molecule has 3 N–H and O–H groups in total. The molecule has 1 aromatic carbocycles. The molecule has 0 aliphatic rings. The Morgan fingerprint density at radius 1 is 1.54 bits per heavy atom. The number of aliphatic hydroxyl groups is 1. The van der Waals surface area contributed by atoms with Crippen LogP contribution in [-0.4, -0.2) is 11.7 Å². The molecular formula is C8H10BrCl2NO. The summed E-state index contributed by atoms with van der Waals surface area (Å²) in [4.78, 5) is 0. The van der Waals surface area contributed by atoms with Gasteiger partial charge in [-0.2, -0.15) is 0 Å². The van der Waals surface area contributed by atoms with Crippen molar-refractivity contribution in [1.82, 2.24) is 0 Å². The van der Waals surface area contributed by atoms with E-state index in [1.807, 2.05) is 12.1 Å². The summed E-state index contributed by atoms with van der Waals surface area (Å²) in [5.74, 6) is 0.